The van der Waals surface area contributed by atoms with Crippen molar-refractivity contribution in [1.29, 1.82) is 0 Å². The van der Waals surface area contributed by atoms with Gasteiger partial charge in [-0.2, -0.15) is 0 Å². The number of benzene rings is 2. The molecule has 0 unspecified atom stereocenters. The molecule has 0 saturated heterocycles. The van der Waals surface area contributed by atoms with Crippen molar-refractivity contribution in [2.24, 2.45) is 5.41 Å². The smallest absolute Gasteiger partial charge is 0.343 e. The lowest BCUT2D eigenvalue weighted by molar-refractivity contribution is -0.154. The van der Waals surface area contributed by atoms with Gasteiger partial charge in [0, 0.05) is 0 Å². The fourth-order valence-corrected chi connectivity index (χ4v) is 3.69. The third-order valence-corrected chi connectivity index (χ3v) is 6.68. The van der Waals surface area contributed by atoms with E-state index in [2.05, 4.69) is 0 Å². The van der Waals surface area contributed by atoms with E-state index in [1.54, 1.807) is 24.3 Å². The first-order valence-electron chi connectivity index (χ1n) is 13.7. The molecule has 2 aromatic carbocycles. The van der Waals surface area contributed by atoms with Crippen molar-refractivity contribution in [3.05, 3.63) is 53.6 Å². The number of carbonyl (C=O) groups is 3. The predicted molar refractivity (Wildman–Crippen MR) is 149 cm³/mol. The molecule has 214 valence electrons. The first kappa shape index (κ1) is 31.7. The summed E-state index contributed by atoms with van der Waals surface area (Å²) in [6.07, 6.45) is 9.51. The van der Waals surface area contributed by atoms with Crippen molar-refractivity contribution in [3.63, 3.8) is 0 Å². The zero-order valence-corrected chi connectivity index (χ0v) is 23.6. The number of unbranched alkanes of at least 4 members (excludes halogenated alkanes) is 7. The molecule has 0 aliphatic carbocycles. The molecule has 0 radical (unpaired) electrons. The molecule has 0 bridgehead atoms. The maximum absolute atomic E-state index is 12.5. The molecule has 8 heteroatoms. The van der Waals surface area contributed by atoms with Crippen molar-refractivity contribution >= 4 is 17.9 Å². The Balaban J connectivity index is 1.57. The lowest BCUT2D eigenvalue weighted by atomic mass is 9.91. The molecule has 0 aliphatic heterocycles. The highest BCUT2D eigenvalue weighted by atomic mass is 16.6. The second-order valence-electron chi connectivity index (χ2n) is 10.1. The maximum Gasteiger partial charge on any atom is 0.343 e. The second-order valence-corrected chi connectivity index (χ2v) is 10.1. The van der Waals surface area contributed by atoms with Crippen LogP contribution in [0.3, 0.4) is 0 Å². The summed E-state index contributed by atoms with van der Waals surface area (Å²) >= 11 is 0. The van der Waals surface area contributed by atoms with Gasteiger partial charge in [-0.1, -0.05) is 45.4 Å². The minimum atomic E-state index is -1.10. The van der Waals surface area contributed by atoms with Crippen LogP contribution in [0.5, 0.6) is 17.2 Å². The van der Waals surface area contributed by atoms with E-state index in [1.165, 1.54) is 38.2 Å². The van der Waals surface area contributed by atoms with Crippen LogP contribution >= 0.6 is 0 Å². The molecule has 0 atom stereocenters. The fraction of sp³-hybridized carbons (Fsp3) is 0.516. The van der Waals surface area contributed by atoms with Gasteiger partial charge in [0.15, 0.2) is 11.5 Å². The zero-order chi connectivity index (χ0) is 28.7. The van der Waals surface area contributed by atoms with Gasteiger partial charge in [-0.05, 0) is 75.6 Å². The minimum absolute atomic E-state index is 0.0381. The summed E-state index contributed by atoms with van der Waals surface area (Å²) in [6, 6.07) is 10.7. The van der Waals surface area contributed by atoms with E-state index in [4.69, 9.17) is 24.1 Å². The fourth-order valence-electron chi connectivity index (χ4n) is 3.69. The average Bonchev–Trinajstić information content (AvgIpc) is 2.93. The Morgan fingerprint density at radius 3 is 1.90 bits per heavy atom. The Morgan fingerprint density at radius 2 is 1.33 bits per heavy atom. The summed E-state index contributed by atoms with van der Waals surface area (Å²) < 4.78 is 21.7. The lowest BCUT2D eigenvalue weighted by Crippen LogP contribution is -2.26. The minimum Gasteiger partial charge on any atom is -0.494 e. The largest absolute Gasteiger partial charge is 0.494 e. The Hall–Kier alpha value is -3.55. The highest BCUT2D eigenvalue weighted by Gasteiger charge is 2.26. The van der Waals surface area contributed by atoms with E-state index >= 15 is 0 Å². The summed E-state index contributed by atoms with van der Waals surface area (Å²) in [5, 5.41) is 9.09. The Morgan fingerprint density at radius 1 is 0.769 bits per heavy atom. The van der Waals surface area contributed by atoms with E-state index in [0.29, 0.717) is 24.5 Å². The number of hydrogen-bond acceptors (Lipinski definition) is 7. The van der Waals surface area contributed by atoms with Crippen LogP contribution < -0.4 is 14.2 Å². The van der Waals surface area contributed by atoms with Crippen LogP contribution in [0, 0.1) is 5.41 Å². The normalized spacial score (nSPS) is 11.1. The average molecular weight is 543 g/mol. The molecule has 2 rings (SSSR count). The lowest BCUT2D eigenvalue weighted by Gasteiger charge is -2.20. The van der Waals surface area contributed by atoms with Crippen molar-refractivity contribution in [1.82, 2.24) is 0 Å². The summed E-state index contributed by atoms with van der Waals surface area (Å²) in [5.74, 6) is -0.792. The molecule has 39 heavy (non-hydrogen) atoms. The molecule has 1 N–H and O–H groups in total. The Kier molecular flexibility index (Phi) is 13.3. The molecule has 0 amide bonds. The van der Waals surface area contributed by atoms with Crippen molar-refractivity contribution < 1.29 is 38.4 Å². The van der Waals surface area contributed by atoms with Crippen LogP contribution in [0.1, 0.15) is 99.3 Å². The van der Waals surface area contributed by atoms with Gasteiger partial charge >= 0.3 is 17.9 Å². The van der Waals surface area contributed by atoms with E-state index < -0.39 is 17.4 Å². The third-order valence-electron chi connectivity index (χ3n) is 6.68. The van der Waals surface area contributed by atoms with Crippen LogP contribution in [0.2, 0.25) is 0 Å². The van der Waals surface area contributed by atoms with Gasteiger partial charge in [-0.25, -0.2) is 9.59 Å². The second kappa shape index (κ2) is 16.4. The topological polar surface area (TPSA) is 108 Å². The first-order valence-corrected chi connectivity index (χ1v) is 13.7. The molecule has 0 saturated carbocycles. The van der Waals surface area contributed by atoms with Crippen LogP contribution in [0.4, 0.5) is 0 Å². The highest BCUT2D eigenvalue weighted by Crippen LogP contribution is 2.29. The van der Waals surface area contributed by atoms with Gasteiger partial charge in [-0.3, -0.25) is 4.79 Å². The molecule has 0 heterocycles. The van der Waals surface area contributed by atoms with Crippen LogP contribution in [-0.2, 0) is 9.53 Å². The maximum atomic E-state index is 12.5. The van der Waals surface area contributed by atoms with Gasteiger partial charge < -0.3 is 24.1 Å². The van der Waals surface area contributed by atoms with E-state index in [1.807, 2.05) is 20.8 Å². The Labute approximate surface area is 231 Å². The molecular weight excluding hydrogens is 500 g/mol. The highest BCUT2D eigenvalue weighted by molar-refractivity contribution is 5.92. The summed E-state index contributed by atoms with van der Waals surface area (Å²) in [6.45, 7) is 6.96. The van der Waals surface area contributed by atoms with E-state index in [-0.39, 0.29) is 23.0 Å². The van der Waals surface area contributed by atoms with Crippen LogP contribution in [-0.4, -0.2) is 43.3 Å². The number of ether oxygens (including phenoxy) is 4. The number of methoxy groups -OCH3 is 1. The first-order chi connectivity index (χ1) is 18.7. The summed E-state index contributed by atoms with van der Waals surface area (Å²) in [5.41, 5.74) is -0.0114. The summed E-state index contributed by atoms with van der Waals surface area (Å²) in [4.78, 5) is 35.5. The summed E-state index contributed by atoms with van der Waals surface area (Å²) in [7, 11) is 1.38. The third kappa shape index (κ3) is 11.0. The zero-order valence-electron chi connectivity index (χ0n) is 23.6. The SMILES string of the molecule is CCC(C)(C)C(=O)OCCCCCCCCCCOc1ccc(C(=O)Oc2ccc(C(=O)O)cc2OC)cc1. The van der Waals surface area contributed by atoms with E-state index in [0.717, 1.165) is 44.9 Å². The van der Waals surface area contributed by atoms with Gasteiger partial charge in [0.25, 0.3) is 0 Å². The quantitative estimate of drug-likeness (QED) is 0.121. The van der Waals surface area contributed by atoms with E-state index in [9.17, 15) is 14.4 Å². The standard InChI is InChI=1S/C31H42O8/c1-5-31(2,3)30(35)38-21-13-11-9-7-6-8-10-12-20-37-25-17-14-23(15-18-25)29(34)39-26-19-16-24(28(32)33)22-27(26)36-4/h14-19,22H,5-13,20-21H2,1-4H3,(H,32,33). The number of esters is 2. The molecule has 8 nitrogen and oxygen atoms in total. The molecule has 0 aliphatic rings. The van der Waals surface area contributed by atoms with Gasteiger partial charge in [0.2, 0.25) is 0 Å². The molecule has 0 aromatic heterocycles. The van der Waals surface area contributed by atoms with Gasteiger partial charge in [0.05, 0.1) is 36.9 Å². The van der Waals surface area contributed by atoms with Crippen LogP contribution in [0.25, 0.3) is 0 Å². The number of carboxylic acid groups (broad SMARTS) is 1. The van der Waals surface area contributed by atoms with Crippen molar-refractivity contribution in [3.8, 4) is 17.2 Å². The number of carbonyl (C=O) groups excluding carboxylic acids is 2. The predicted octanol–water partition coefficient (Wildman–Crippen LogP) is 7.09. The molecule has 2 aromatic rings. The monoisotopic (exact) mass is 542 g/mol. The number of hydrogen-bond donors (Lipinski definition) is 1. The van der Waals surface area contributed by atoms with Crippen LogP contribution in [0.15, 0.2) is 42.5 Å². The van der Waals surface area contributed by atoms with Gasteiger partial charge in [0.1, 0.15) is 5.75 Å². The Bertz CT molecular complexity index is 1060. The van der Waals surface area contributed by atoms with Gasteiger partial charge in [-0.15, -0.1) is 0 Å². The number of aromatic carboxylic acids is 1. The number of rotatable bonds is 18. The van der Waals surface area contributed by atoms with Crippen molar-refractivity contribution in [2.45, 2.75) is 78.6 Å². The molecular formula is C31H42O8. The molecule has 0 fully saturated rings. The number of carboxylic acids is 1. The molecule has 0 spiro atoms. The van der Waals surface area contributed by atoms with Crippen molar-refractivity contribution in [2.75, 3.05) is 20.3 Å².